The number of aliphatic hydroxyl groups is 1. The van der Waals surface area contributed by atoms with Crippen molar-refractivity contribution in [2.75, 3.05) is 12.9 Å². The number of hydrogen-bond acceptors (Lipinski definition) is 6. The maximum atomic E-state index is 11.8. The van der Waals surface area contributed by atoms with Crippen molar-refractivity contribution in [2.24, 2.45) is 0 Å². The van der Waals surface area contributed by atoms with Gasteiger partial charge in [-0.15, -0.1) is 0 Å². The number of nitrogens with one attached hydrogen (secondary N) is 1. The predicted octanol–water partition coefficient (Wildman–Crippen LogP) is 0.191. The molecule has 1 aromatic rings. The molecule has 1 rings (SSSR count). The monoisotopic (exact) mass is 329 g/mol. The molecule has 0 saturated carbocycles. The number of carbonyl (C=O) groups excluding carboxylic acids is 2. The minimum Gasteiger partial charge on any atom is -0.464 e. The first kappa shape index (κ1) is 18.1. The number of amides is 1. The van der Waals surface area contributed by atoms with E-state index in [2.05, 4.69) is 5.32 Å². The van der Waals surface area contributed by atoms with Gasteiger partial charge in [-0.05, 0) is 24.6 Å². The Kier molecular flexibility index (Phi) is 6.07. The van der Waals surface area contributed by atoms with Crippen molar-refractivity contribution in [3.8, 4) is 0 Å². The molecule has 22 heavy (non-hydrogen) atoms. The Labute approximate surface area is 129 Å². The fraction of sp³-hybridized carbons (Fsp3) is 0.429. The number of ether oxygens (including phenoxy) is 1. The van der Waals surface area contributed by atoms with Crippen molar-refractivity contribution >= 4 is 21.7 Å². The quantitative estimate of drug-likeness (QED) is 0.721. The highest BCUT2D eigenvalue weighted by Gasteiger charge is 2.30. The molecular weight excluding hydrogens is 310 g/mol. The van der Waals surface area contributed by atoms with E-state index in [1.54, 1.807) is 6.92 Å². The number of hydrogen-bond donors (Lipinski definition) is 2. The second-order valence-corrected chi connectivity index (χ2v) is 6.73. The lowest BCUT2D eigenvalue weighted by atomic mass is 10.0. The lowest BCUT2D eigenvalue weighted by Gasteiger charge is -2.22. The highest BCUT2D eigenvalue weighted by atomic mass is 32.2. The summed E-state index contributed by atoms with van der Waals surface area (Å²) in [4.78, 5) is 23.1. The molecule has 0 aliphatic heterocycles. The average Bonchev–Trinajstić information content (AvgIpc) is 2.43. The van der Waals surface area contributed by atoms with Crippen LogP contribution < -0.4 is 5.32 Å². The maximum absolute atomic E-state index is 11.8. The summed E-state index contributed by atoms with van der Waals surface area (Å²) in [6.45, 7) is 2.93. The van der Waals surface area contributed by atoms with Crippen molar-refractivity contribution in [3.05, 3.63) is 29.8 Å². The molecule has 0 fully saturated rings. The van der Waals surface area contributed by atoms with Gasteiger partial charge in [0, 0.05) is 13.2 Å². The number of aliphatic hydroxyl groups excluding tert-OH is 1. The largest absolute Gasteiger partial charge is 0.464 e. The van der Waals surface area contributed by atoms with Gasteiger partial charge >= 0.3 is 5.97 Å². The third-order valence-electron chi connectivity index (χ3n) is 2.86. The van der Waals surface area contributed by atoms with Crippen LogP contribution in [0.1, 0.15) is 25.5 Å². The summed E-state index contributed by atoms with van der Waals surface area (Å²) in [6.07, 6.45) is -0.284. The zero-order valence-corrected chi connectivity index (χ0v) is 13.4. The molecule has 8 heteroatoms. The number of esters is 1. The molecule has 1 aromatic carbocycles. The SMILES string of the molecule is CCOC(=O)[C@@H](NC(C)=O)[C@H](O)c1ccc(S(C)(=O)=O)cc1. The van der Waals surface area contributed by atoms with Crippen LogP contribution >= 0.6 is 0 Å². The van der Waals surface area contributed by atoms with E-state index in [1.807, 2.05) is 0 Å². The summed E-state index contributed by atoms with van der Waals surface area (Å²) in [5, 5.41) is 12.6. The average molecular weight is 329 g/mol. The molecule has 122 valence electrons. The maximum Gasteiger partial charge on any atom is 0.331 e. The van der Waals surface area contributed by atoms with E-state index in [0.29, 0.717) is 5.56 Å². The molecule has 2 atom stereocenters. The molecule has 0 aliphatic rings. The summed E-state index contributed by atoms with van der Waals surface area (Å²) in [6, 6.07) is 4.15. The van der Waals surface area contributed by atoms with E-state index in [1.165, 1.54) is 31.2 Å². The first-order valence-corrected chi connectivity index (χ1v) is 8.47. The topological polar surface area (TPSA) is 110 Å². The minimum absolute atomic E-state index is 0.0932. The molecule has 2 N–H and O–H groups in total. The van der Waals surface area contributed by atoms with Gasteiger partial charge in [0.05, 0.1) is 11.5 Å². The number of carbonyl (C=O) groups is 2. The van der Waals surface area contributed by atoms with Gasteiger partial charge in [-0.2, -0.15) is 0 Å². The van der Waals surface area contributed by atoms with Crippen LogP contribution in [0.2, 0.25) is 0 Å². The Hall–Kier alpha value is -1.93. The lowest BCUT2D eigenvalue weighted by Crippen LogP contribution is -2.45. The summed E-state index contributed by atoms with van der Waals surface area (Å²) in [5.41, 5.74) is 0.291. The molecule has 0 bridgehead atoms. The van der Waals surface area contributed by atoms with E-state index < -0.39 is 33.9 Å². The standard InChI is InChI=1S/C14H19NO6S/c1-4-21-14(18)12(15-9(2)16)13(17)10-5-7-11(8-6-10)22(3,19)20/h5-8,12-13,17H,4H2,1-3H3,(H,15,16)/t12-,13+/m0/s1. The van der Waals surface area contributed by atoms with E-state index in [0.717, 1.165) is 6.26 Å². The fourth-order valence-corrected chi connectivity index (χ4v) is 2.45. The molecular formula is C14H19NO6S. The van der Waals surface area contributed by atoms with Gasteiger partial charge in [0.15, 0.2) is 15.9 Å². The van der Waals surface area contributed by atoms with E-state index in [4.69, 9.17) is 4.74 Å². The Bertz CT molecular complexity index is 638. The predicted molar refractivity (Wildman–Crippen MR) is 78.7 cm³/mol. The van der Waals surface area contributed by atoms with Crippen LogP contribution in [-0.2, 0) is 24.2 Å². The number of benzene rings is 1. The third-order valence-corrected chi connectivity index (χ3v) is 3.99. The van der Waals surface area contributed by atoms with Crippen LogP contribution in [0.5, 0.6) is 0 Å². The van der Waals surface area contributed by atoms with Crippen molar-refractivity contribution < 1.29 is 27.9 Å². The van der Waals surface area contributed by atoms with Crippen molar-refractivity contribution in [3.63, 3.8) is 0 Å². The Morgan fingerprint density at radius 2 is 1.82 bits per heavy atom. The summed E-state index contributed by atoms with van der Waals surface area (Å²) in [7, 11) is -3.35. The van der Waals surface area contributed by atoms with Crippen molar-refractivity contribution in [1.82, 2.24) is 5.32 Å². The molecule has 7 nitrogen and oxygen atoms in total. The van der Waals surface area contributed by atoms with Crippen molar-refractivity contribution in [1.29, 1.82) is 0 Å². The minimum atomic E-state index is -3.35. The lowest BCUT2D eigenvalue weighted by molar-refractivity contribution is -0.150. The van der Waals surface area contributed by atoms with Crippen LogP contribution in [-0.4, -0.2) is 44.3 Å². The summed E-state index contributed by atoms with van der Waals surface area (Å²) in [5.74, 6) is -1.26. The Morgan fingerprint density at radius 1 is 1.27 bits per heavy atom. The van der Waals surface area contributed by atoms with Crippen LogP contribution in [0.3, 0.4) is 0 Å². The zero-order valence-electron chi connectivity index (χ0n) is 12.6. The molecule has 0 radical (unpaired) electrons. The first-order valence-electron chi connectivity index (χ1n) is 6.58. The second-order valence-electron chi connectivity index (χ2n) is 4.72. The second kappa shape index (κ2) is 7.37. The van der Waals surface area contributed by atoms with Gasteiger partial charge in [-0.3, -0.25) is 4.79 Å². The van der Waals surface area contributed by atoms with E-state index >= 15 is 0 Å². The molecule has 0 saturated heterocycles. The third kappa shape index (κ3) is 4.81. The van der Waals surface area contributed by atoms with Crippen LogP contribution in [0.4, 0.5) is 0 Å². The molecule has 0 aromatic heterocycles. The van der Waals surface area contributed by atoms with Gasteiger partial charge in [-0.1, -0.05) is 12.1 Å². The van der Waals surface area contributed by atoms with Gasteiger partial charge < -0.3 is 15.2 Å². The van der Waals surface area contributed by atoms with E-state index in [-0.39, 0.29) is 11.5 Å². The Morgan fingerprint density at radius 3 is 2.23 bits per heavy atom. The highest BCUT2D eigenvalue weighted by molar-refractivity contribution is 7.90. The summed E-state index contributed by atoms with van der Waals surface area (Å²) < 4.78 is 27.6. The molecule has 1 amide bonds. The number of rotatable bonds is 6. The molecule has 0 heterocycles. The highest BCUT2D eigenvalue weighted by Crippen LogP contribution is 2.20. The Balaban J connectivity index is 3.05. The molecule has 0 spiro atoms. The van der Waals surface area contributed by atoms with E-state index in [9.17, 15) is 23.1 Å². The summed E-state index contributed by atoms with van der Waals surface area (Å²) >= 11 is 0. The van der Waals surface area contributed by atoms with Gasteiger partial charge in [-0.25, -0.2) is 13.2 Å². The van der Waals surface area contributed by atoms with Gasteiger partial charge in [0.25, 0.3) is 0 Å². The van der Waals surface area contributed by atoms with Gasteiger partial charge in [0.2, 0.25) is 5.91 Å². The first-order chi connectivity index (χ1) is 10.2. The van der Waals surface area contributed by atoms with Crippen LogP contribution in [0.15, 0.2) is 29.2 Å². The molecule has 0 aliphatic carbocycles. The van der Waals surface area contributed by atoms with Crippen molar-refractivity contribution in [2.45, 2.75) is 30.9 Å². The zero-order chi connectivity index (χ0) is 16.9. The van der Waals surface area contributed by atoms with Crippen LogP contribution in [0, 0.1) is 0 Å². The normalized spacial score (nSPS) is 14.0. The van der Waals surface area contributed by atoms with Crippen LogP contribution in [0.25, 0.3) is 0 Å². The molecule has 0 unspecified atom stereocenters. The fourth-order valence-electron chi connectivity index (χ4n) is 1.82. The smallest absolute Gasteiger partial charge is 0.331 e. The number of sulfone groups is 1. The van der Waals surface area contributed by atoms with Gasteiger partial charge in [0.1, 0.15) is 6.10 Å².